The molecule has 122 valence electrons. The predicted octanol–water partition coefficient (Wildman–Crippen LogP) is 0.849. The van der Waals surface area contributed by atoms with Crippen LogP contribution in [-0.2, 0) is 4.79 Å². The molecule has 1 aromatic carbocycles. The van der Waals surface area contributed by atoms with Crippen molar-refractivity contribution in [3.05, 3.63) is 35.9 Å². The number of carbonyl (C=O) groups is 1. The Kier molecular flexibility index (Phi) is 6.36. The number of nitrogens with zero attached hydrogens (tertiary/aromatic N) is 2. The molecule has 5 heteroatoms. The van der Waals surface area contributed by atoms with E-state index in [0.717, 1.165) is 38.0 Å². The molecule has 1 heterocycles. The number of aliphatic hydroxyl groups is 1. The van der Waals surface area contributed by atoms with E-state index in [4.69, 9.17) is 5.73 Å². The van der Waals surface area contributed by atoms with E-state index in [1.807, 2.05) is 42.3 Å². The minimum Gasteiger partial charge on any atom is -0.387 e. The number of nitrogens with two attached hydrogens (primary N) is 1. The summed E-state index contributed by atoms with van der Waals surface area (Å²) in [7, 11) is 1.94. The van der Waals surface area contributed by atoms with Crippen molar-refractivity contribution in [3.8, 4) is 0 Å². The van der Waals surface area contributed by atoms with Crippen molar-refractivity contribution < 1.29 is 9.90 Å². The van der Waals surface area contributed by atoms with Crippen LogP contribution in [0.2, 0.25) is 0 Å². The van der Waals surface area contributed by atoms with Gasteiger partial charge in [0, 0.05) is 13.1 Å². The van der Waals surface area contributed by atoms with Crippen molar-refractivity contribution in [1.29, 1.82) is 0 Å². The molecule has 1 aromatic rings. The first kappa shape index (κ1) is 16.9. The second-order valence-electron chi connectivity index (χ2n) is 6.33. The molecule has 1 fully saturated rings. The number of benzene rings is 1. The van der Waals surface area contributed by atoms with E-state index in [2.05, 4.69) is 4.90 Å². The first-order chi connectivity index (χ1) is 10.5. The van der Waals surface area contributed by atoms with Crippen molar-refractivity contribution >= 4 is 5.91 Å². The van der Waals surface area contributed by atoms with Crippen molar-refractivity contribution in [3.63, 3.8) is 0 Å². The van der Waals surface area contributed by atoms with E-state index in [0.29, 0.717) is 19.0 Å². The lowest BCUT2D eigenvalue weighted by Gasteiger charge is -2.34. The molecule has 1 atom stereocenters. The maximum absolute atomic E-state index is 10.9. The van der Waals surface area contributed by atoms with Crippen LogP contribution >= 0.6 is 0 Å². The maximum atomic E-state index is 10.9. The van der Waals surface area contributed by atoms with E-state index in [1.54, 1.807) is 0 Å². The van der Waals surface area contributed by atoms with Crippen molar-refractivity contribution in [1.82, 2.24) is 9.80 Å². The Morgan fingerprint density at radius 1 is 1.36 bits per heavy atom. The van der Waals surface area contributed by atoms with E-state index in [1.165, 1.54) is 0 Å². The molecule has 0 aromatic heterocycles. The lowest BCUT2D eigenvalue weighted by molar-refractivity contribution is -0.119. The summed E-state index contributed by atoms with van der Waals surface area (Å²) in [4.78, 5) is 15.2. The van der Waals surface area contributed by atoms with Gasteiger partial charge < -0.3 is 15.7 Å². The Balaban J connectivity index is 1.72. The number of β-amino-alcohol motifs (C(OH)–C–C–N with tert-alkyl or cyclic N) is 1. The Morgan fingerprint density at radius 2 is 2.00 bits per heavy atom. The molecule has 3 N–H and O–H groups in total. The molecule has 1 saturated heterocycles. The van der Waals surface area contributed by atoms with Crippen LogP contribution in [0.15, 0.2) is 30.3 Å². The second kappa shape index (κ2) is 8.27. The van der Waals surface area contributed by atoms with Crippen LogP contribution in [0.1, 0.15) is 24.5 Å². The molecule has 1 amide bonds. The van der Waals surface area contributed by atoms with Gasteiger partial charge in [-0.25, -0.2) is 0 Å². The zero-order chi connectivity index (χ0) is 15.9. The highest BCUT2D eigenvalue weighted by Gasteiger charge is 2.22. The van der Waals surface area contributed by atoms with Crippen molar-refractivity contribution in [2.24, 2.45) is 11.7 Å². The highest BCUT2D eigenvalue weighted by Crippen LogP contribution is 2.21. The van der Waals surface area contributed by atoms with Crippen LogP contribution in [0, 0.1) is 5.92 Å². The lowest BCUT2D eigenvalue weighted by Crippen LogP contribution is -2.41. The number of rotatable bonds is 7. The molecule has 0 saturated carbocycles. The molecule has 0 aliphatic carbocycles. The number of hydrogen-bond acceptors (Lipinski definition) is 4. The lowest BCUT2D eigenvalue weighted by atomic mass is 9.95. The number of amides is 1. The molecule has 1 unspecified atom stereocenters. The van der Waals surface area contributed by atoms with Crippen LogP contribution in [0.3, 0.4) is 0 Å². The number of likely N-dealkylation sites (tertiary alicyclic amines) is 1. The summed E-state index contributed by atoms with van der Waals surface area (Å²) in [6, 6.07) is 9.81. The predicted molar refractivity (Wildman–Crippen MR) is 87.3 cm³/mol. The van der Waals surface area contributed by atoms with E-state index >= 15 is 0 Å². The minimum atomic E-state index is -0.421. The zero-order valence-electron chi connectivity index (χ0n) is 13.3. The standard InChI is InChI=1S/C17H27N3O2/c1-19(13-17(18)22)11-14-7-9-20(10-8-14)12-16(21)15-5-3-2-4-6-15/h2-6,14,16,21H,7-13H2,1H3,(H2,18,22). The minimum absolute atomic E-state index is 0.272. The molecule has 0 radical (unpaired) electrons. The monoisotopic (exact) mass is 305 g/mol. The molecular formula is C17H27N3O2. The fourth-order valence-electron chi connectivity index (χ4n) is 3.15. The van der Waals surface area contributed by atoms with E-state index in [-0.39, 0.29) is 5.91 Å². The highest BCUT2D eigenvalue weighted by atomic mass is 16.3. The van der Waals surface area contributed by atoms with Crippen LogP contribution in [0.5, 0.6) is 0 Å². The number of likely N-dealkylation sites (N-methyl/N-ethyl adjacent to an activating group) is 1. The zero-order valence-corrected chi connectivity index (χ0v) is 13.3. The number of aliphatic hydroxyl groups excluding tert-OH is 1. The largest absolute Gasteiger partial charge is 0.387 e. The number of primary amides is 1. The van der Waals surface area contributed by atoms with Gasteiger partial charge in [0.25, 0.3) is 0 Å². The van der Waals surface area contributed by atoms with Gasteiger partial charge in [0.15, 0.2) is 0 Å². The Bertz CT molecular complexity index is 458. The maximum Gasteiger partial charge on any atom is 0.231 e. The molecular weight excluding hydrogens is 278 g/mol. The highest BCUT2D eigenvalue weighted by molar-refractivity contribution is 5.75. The first-order valence-electron chi connectivity index (χ1n) is 7.97. The SMILES string of the molecule is CN(CC(N)=O)CC1CCN(CC(O)c2ccccc2)CC1. The normalized spacial score (nSPS) is 18.5. The summed E-state index contributed by atoms with van der Waals surface area (Å²) in [5.74, 6) is 0.334. The van der Waals surface area contributed by atoms with Crippen LogP contribution in [0.4, 0.5) is 0 Å². The van der Waals surface area contributed by atoms with Crippen molar-refractivity contribution in [2.75, 3.05) is 39.8 Å². The fourth-order valence-corrected chi connectivity index (χ4v) is 3.15. The van der Waals surface area contributed by atoms with Gasteiger partial charge in [0.2, 0.25) is 5.91 Å². The smallest absolute Gasteiger partial charge is 0.231 e. The molecule has 1 aliphatic rings. The summed E-state index contributed by atoms with van der Waals surface area (Å²) in [5.41, 5.74) is 6.19. The second-order valence-corrected chi connectivity index (χ2v) is 6.33. The summed E-state index contributed by atoms with van der Waals surface area (Å²) in [5, 5.41) is 10.3. The Labute approximate surface area is 132 Å². The summed E-state index contributed by atoms with van der Waals surface area (Å²) in [6.07, 6.45) is 1.78. The van der Waals surface area contributed by atoms with Crippen LogP contribution in [0.25, 0.3) is 0 Å². The average Bonchev–Trinajstić information content (AvgIpc) is 2.49. The van der Waals surface area contributed by atoms with E-state index in [9.17, 15) is 9.90 Å². The summed E-state index contributed by atoms with van der Waals surface area (Å²) >= 11 is 0. The van der Waals surface area contributed by atoms with Gasteiger partial charge in [-0.05, 0) is 44.5 Å². The van der Waals surface area contributed by atoms with Gasteiger partial charge in [-0.3, -0.25) is 9.69 Å². The topological polar surface area (TPSA) is 69.8 Å². The fraction of sp³-hybridized carbons (Fsp3) is 0.588. The molecule has 0 bridgehead atoms. The van der Waals surface area contributed by atoms with Gasteiger partial charge in [0.05, 0.1) is 12.6 Å². The summed E-state index contributed by atoms with van der Waals surface area (Å²) in [6.45, 7) is 3.93. The molecule has 2 rings (SSSR count). The average molecular weight is 305 g/mol. The first-order valence-corrected chi connectivity index (χ1v) is 7.97. The van der Waals surface area contributed by atoms with Gasteiger partial charge in [-0.2, -0.15) is 0 Å². The number of piperidine rings is 1. The third-order valence-corrected chi connectivity index (χ3v) is 4.32. The molecule has 0 spiro atoms. The van der Waals surface area contributed by atoms with E-state index < -0.39 is 6.10 Å². The third kappa shape index (κ3) is 5.40. The summed E-state index contributed by atoms with van der Waals surface area (Å²) < 4.78 is 0. The Hall–Kier alpha value is -1.43. The van der Waals surface area contributed by atoms with Gasteiger partial charge >= 0.3 is 0 Å². The van der Waals surface area contributed by atoms with Gasteiger partial charge in [-0.1, -0.05) is 30.3 Å². The van der Waals surface area contributed by atoms with Crippen molar-refractivity contribution in [2.45, 2.75) is 18.9 Å². The molecule has 22 heavy (non-hydrogen) atoms. The van der Waals surface area contributed by atoms with Gasteiger partial charge in [-0.15, -0.1) is 0 Å². The molecule has 1 aliphatic heterocycles. The van der Waals surface area contributed by atoms with Gasteiger partial charge in [0.1, 0.15) is 0 Å². The van der Waals surface area contributed by atoms with Crippen LogP contribution in [-0.4, -0.2) is 60.6 Å². The third-order valence-electron chi connectivity index (χ3n) is 4.32. The van der Waals surface area contributed by atoms with Crippen LogP contribution < -0.4 is 5.73 Å². The number of carbonyl (C=O) groups excluding carboxylic acids is 1. The number of hydrogen-bond donors (Lipinski definition) is 2. The molecule has 5 nitrogen and oxygen atoms in total. The Morgan fingerprint density at radius 3 is 2.59 bits per heavy atom. The quantitative estimate of drug-likeness (QED) is 0.783.